The molecule has 3 aromatic rings. The Hall–Kier alpha value is -3.15. The molecule has 0 spiro atoms. The maximum atomic E-state index is 4.78. The van der Waals surface area contributed by atoms with Gasteiger partial charge < -0.3 is 15.2 Å². The second-order valence-corrected chi connectivity index (χ2v) is 7.19. The quantitative estimate of drug-likeness (QED) is 0.477. The summed E-state index contributed by atoms with van der Waals surface area (Å²) in [4.78, 5) is 4.78. The molecule has 1 atom stereocenters. The fraction of sp³-hybridized carbons (Fsp3) is 0.348. The van der Waals surface area contributed by atoms with Gasteiger partial charge in [0, 0.05) is 7.05 Å². The van der Waals surface area contributed by atoms with E-state index in [-0.39, 0.29) is 6.04 Å². The molecule has 0 saturated carbocycles. The van der Waals surface area contributed by atoms with Crippen LogP contribution in [0.25, 0.3) is 0 Å². The molecule has 0 saturated heterocycles. The minimum atomic E-state index is 0.129. The first kappa shape index (κ1) is 20.6. The molecular formula is C23H30N6. The molecule has 0 aliphatic rings. The van der Waals surface area contributed by atoms with Gasteiger partial charge in [-0.2, -0.15) is 0 Å². The van der Waals surface area contributed by atoms with Crippen LogP contribution in [0.2, 0.25) is 0 Å². The summed E-state index contributed by atoms with van der Waals surface area (Å²) in [5.74, 6) is 2.51. The molecule has 0 aliphatic carbocycles. The maximum absolute atomic E-state index is 4.78. The van der Waals surface area contributed by atoms with E-state index in [4.69, 9.17) is 4.99 Å². The fourth-order valence-corrected chi connectivity index (χ4v) is 3.00. The highest BCUT2D eigenvalue weighted by molar-refractivity contribution is 5.80. The van der Waals surface area contributed by atoms with Gasteiger partial charge in [-0.1, -0.05) is 61.5 Å². The van der Waals surface area contributed by atoms with Crippen molar-refractivity contribution in [2.24, 2.45) is 12.0 Å². The molecule has 0 fully saturated rings. The van der Waals surface area contributed by atoms with Crippen molar-refractivity contribution in [3.05, 3.63) is 82.9 Å². The monoisotopic (exact) mass is 390 g/mol. The third kappa shape index (κ3) is 5.67. The number of aryl methyl sites for hydroxylation is 2. The Morgan fingerprint density at radius 3 is 2.38 bits per heavy atom. The Bertz CT molecular complexity index is 928. The summed E-state index contributed by atoms with van der Waals surface area (Å²) < 4.78 is 1.98. The van der Waals surface area contributed by atoms with E-state index in [1.807, 2.05) is 36.7 Å². The lowest BCUT2D eigenvalue weighted by Gasteiger charge is -2.19. The molecule has 0 radical (unpaired) electrons. The lowest BCUT2D eigenvalue weighted by molar-refractivity contribution is 0.663. The molecule has 0 bridgehead atoms. The fourth-order valence-electron chi connectivity index (χ4n) is 3.00. The number of benzene rings is 2. The lowest BCUT2D eigenvalue weighted by atomic mass is 10.1. The summed E-state index contributed by atoms with van der Waals surface area (Å²) in [6, 6.07) is 19.1. The second-order valence-electron chi connectivity index (χ2n) is 7.19. The second kappa shape index (κ2) is 9.87. The topological polar surface area (TPSA) is 67.1 Å². The number of hydrogen-bond acceptors (Lipinski definition) is 3. The Kier molecular flexibility index (Phi) is 7.00. The summed E-state index contributed by atoms with van der Waals surface area (Å²) >= 11 is 0. The summed E-state index contributed by atoms with van der Waals surface area (Å²) in [6.45, 7) is 7.42. The van der Waals surface area contributed by atoms with E-state index in [1.165, 1.54) is 16.7 Å². The van der Waals surface area contributed by atoms with Crippen LogP contribution < -0.4 is 10.6 Å². The molecule has 3 rings (SSSR count). The summed E-state index contributed by atoms with van der Waals surface area (Å²) in [5, 5.41) is 15.3. The zero-order valence-electron chi connectivity index (χ0n) is 17.7. The Morgan fingerprint density at radius 2 is 1.76 bits per heavy atom. The van der Waals surface area contributed by atoms with Gasteiger partial charge in [-0.15, -0.1) is 10.2 Å². The molecule has 6 nitrogen and oxygen atoms in total. The number of guanidine groups is 1. The number of rotatable bonds is 7. The summed E-state index contributed by atoms with van der Waals surface area (Å²) in [7, 11) is 1.97. The van der Waals surface area contributed by atoms with Crippen molar-refractivity contribution in [3.8, 4) is 0 Å². The van der Waals surface area contributed by atoms with Gasteiger partial charge >= 0.3 is 0 Å². The van der Waals surface area contributed by atoms with Crippen molar-refractivity contribution in [3.63, 3.8) is 0 Å². The molecule has 6 heteroatoms. The van der Waals surface area contributed by atoms with Gasteiger partial charge in [0.25, 0.3) is 0 Å². The standard InChI is InChI=1S/C23H30N6/c1-5-19-11-13-21(14-12-19)17(2)26-23(24-15-20-9-7-6-8-10-20)25-16-22-28-27-18(3)29(22)4/h6-14,17H,5,15-16H2,1-4H3,(H2,24,25,26). The van der Waals surface area contributed by atoms with Crippen molar-refractivity contribution >= 4 is 5.96 Å². The van der Waals surface area contributed by atoms with Gasteiger partial charge in [0.2, 0.25) is 0 Å². The SMILES string of the molecule is CCc1ccc(C(C)NC(=NCc2ccccc2)NCc2nnc(C)n2C)cc1. The normalized spacial score (nSPS) is 12.6. The molecule has 0 aliphatic heterocycles. The molecular weight excluding hydrogens is 360 g/mol. The zero-order valence-corrected chi connectivity index (χ0v) is 17.7. The van der Waals surface area contributed by atoms with E-state index in [0.29, 0.717) is 13.1 Å². The smallest absolute Gasteiger partial charge is 0.192 e. The predicted molar refractivity (Wildman–Crippen MR) is 118 cm³/mol. The summed E-state index contributed by atoms with van der Waals surface area (Å²) in [6.07, 6.45) is 1.05. The van der Waals surface area contributed by atoms with Crippen LogP contribution in [-0.2, 0) is 26.6 Å². The first-order valence-electron chi connectivity index (χ1n) is 10.1. The van der Waals surface area contributed by atoms with Crippen LogP contribution in [0, 0.1) is 6.92 Å². The van der Waals surface area contributed by atoms with E-state index in [0.717, 1.165) is 24.0 Å². The van der Waals surface area contributed by atoms with Gasteiger partial charge in [-0.3, -0.25) is 0 Å². The van der Waals surface area contributed by atoms with Crippen molar-refractivity contribution in [1.82, 2.24) is 25.4 Å². The zero-order chi connectivity index (χ0) is 20.6. The van der Waals surface area contributed by atoms with Gasteiger partial charge in [-0.25, -0.2) is 4.99 Å². The molecule has 2 N–H and O–H groups in total. The predicted octanol–water partition coefficient (Wildman–Crippen LogP) is 3.68. The van der Waals surface area contributed by atoms with Gasteiger partial charge in [-0.05, 0) is 37.0 Å². The number of nitrogens with one attached hydrogen (secondary N) is 2. The van der Waals surface area contributed by atoms with E-state index in [2.05, 4.69) is 71.1 Å². The van der Waals surface area contributed by atoms with Crippen LogP contribution in [0.4, 0.5) is 0 Å². The molecule has 0 amide bonds. The first-order valence-corrected chi connectivity index (χ1v) is 10.1. The van der Waals surface area contributed by atoms with Crippen LogP contribution in [-0.4, -0.2) is 20.7 Å². The maximum Gasteiger partial charge on any atom is 0.192 e. The number of nitrogens with zero attached hydrogens (tertiary/aromatic N) is 4. The Balaban J connectivity index is 1.72. The van der Waals surface area contributed by atoms with E-state index >= 15 is 0 Å². The van der Waals surface area contributed by atoms with Crippen LogP contribution in [0.3, 0.4) is 0 Å². The minimum absolute atomic E-state index is 0.129. The average molecular weight is 391 g/mol. The highest BCUT2D eigenvalue weighted by Gasteiger charge is 2.10. The first-order chi connectivity index (χ1) is 14.1. The number of aliphatic imine (C=N–C) groups is 1. The van der Waals surface area contributed by atoms with Crippen LogP contribution in [0.5, 0.6) is 0 Å². The molecule has 1 aromatic heterocycles. The lowest BCUT2D eigenvalue weighted by Crippen LogP contribution is -2.39. The largest absolute Gasteiger partial charge is 0.350 e. The van der Waals surface area contributed by atoms with Crippen molar-refractivity contribution in [1.29, 1.82) is 0 Å². The van der Waals surface area contributed by atoms with E-state index in [1.54, 1.807) is 0 Å². The van der Waals surface area contributed by atoms with Gasteiger partial charge in [0.05, 0.1) is 19.1 Å². The molecule has 2 aromatic carbocycles. The van der Waals surface area contributed by atoms with Crippen molar-refractivity contribution in [2.75, 3.05) is 0 Å². The molecule has 1 unspecified atom stereocenters. The highest BCUT2D eigenvalue weighted by atomic mass is 15.3. The van der Waals surface area contributed by atoms with Crippen molar-refractivity contribution in [2.45, 2.75) is 46.3 Å². The number of aromatic nitrogens is 3. The Labute approximate surface area is 173 Å². The van der Waals surface area contributed by atoms with E-state index in [9.17, 15) is 0 Å². The summed E-state index contributed by atoms with van der Waals surface area (Å²) in [5.41, 5.74) is 3.74. The van der Waals surface area contributed by atoms with Crippen molar-refractivity contribution < 1.29 is 0 Å². The molecule has 1 heterocycles. The minimum Gasteiger partial charge on any atom is -0.350 e. The van der Waals surface area contributed by atoms with Crippen LogP contribution in [0.1, 0.15) is 48.2 Å². The third-order valence-corrected chi connectivity index (χ3v) is 5.10. The molecule has 152 valence electrons. The number of hydrogen-bond donors (Lipinski definition) is 2. The van der Waals surface area contributed by atoms with Gasteiger partial charge in [0.1, 0.15) is 5.82 Å². The Morgan fingerprint density at radius 1 is 1.03 bits per heavy atom. The average Bonchev–Trinajstić information content (AvgIpc) is 3.08. The van der Waals surface area contributed by atoms with Crippen LogP contribution in [0.15, 0.2) is 59.6 Å². The van der Waals surface area contributed by atoms with Crippen LogP contribution >= 0.6 is 0 Å². The molecule has 29 heavy (non-hydrogen) atoms. The highest BCUT2D eigenvalue weighted by Crippen LogP contribution is 2.14. The van der Waals surface area contributed by atoms with E-state index < -0.39 is 0 Å². The third-order valence-electron chi connectivity index (χ3n) is 5.10. The van der Waals surface area contributed by atoms with Gasteiger partial charge in [0.15, 0.2) is 11.8 Å².